The molecule has 3 rings (SSSR count). The Morgan fingerprint density at radius 2 is 1.62 bits per heavy atom. The van der Waals surface area contributed by atoms with Crippen LogP contribution in [0.15, 0.2) is 47.1 Å². The van der Waals surface area contributed by atoms with Crippen LogP contribution >= 0.6 is 0 Å². The zero-order valence-corrected chi connectivity index (χ0v) is 19.6. The number of aliphatic hydroxyl groups is 1. The highest BCUT2D eigenvalue weighted by Gasteiger charge is 2.16. The lowest BCUT2D eigenvalue weighted by molar-refractivity contribution is -0.159. The molecule has 0 aliphatic heterocycles. The van der Waals surface area contributed by atoms with Crippen molar-refractivity contribution in [1.82, 2.24) is 15.6 Å². The molecule has 2 aromatic carbocycles. The molecule has 1 heterocycles. The number of ether oxygens (including phenoxy) is 1. The fraction of sp³-hybridized carbons (Fsp3) is 0.261. The summed E-state index contributed by atoms with van der Waals surface area (Å²) in [7, 11) is 0. The number of aliphatic carboxylic acids is 2. The first-order valence-corrected chi connectivity index (χ1v) is 10.7. The third-order valence-corrected chi connectivity index (χ3v) is 4.78. The van der Waals surface area contributed by atoms with Crippen LogP contribution < -0.4 is 15.8 Å². The van der Waals surface area contributed by atoms with Gasteiger partial charge in [-0.2, -0.15) is 0 Å². The molecule has 0 aliphatic carbocycles. The Balaban J connectivity index is 0.000000717. The molecule has 8 N–H and O–H groups in total. The number of hydrogen-bond acceptors (Lipinski definition) is 11. The van der Waals surface area contributed by atoms with Gasteiger partial charge in [0.25, 0.3) is 5.91 Å². The molecule has 37 heavy (non-hydrogen) atoms. The largest absolute Gasteiger partial charge is 0.508 e. The van der Waals surface area contributed by atoms with Crippen LogP contribution in [-0.2, 0) is 22.6 Å². The standard InChI is InChI=1S/C21H24N4O6.C2H2O4/c1-12(23-10-19(28)14-7-15(26)9-16(27)8-14)6-13-2-4-17(5-3-13)30-11-18-20(21(22)29)25-31-24-18;3-1(4)2(5)6/h2-5,7-9,12,19,23,26-28H,6,10-11H2,1H3,(H2,22,29);(H,3,4)(H,5,6)/t12-,19+;/m1./s1. The number of nitrogens with two attached hydrogens (primary N) is 1. The predicted molar refractivity (Wildman–Crippen MR) is 125 cm³/mol. The lowest BCUT2D eigenvalue weighted by atomic mass is 10.1. The number of aliphatic hydroxyl groups excluding tert-OH is 1. The Labute approximate surface area is 209 Å². The number of carbonyl (C=O) groups is 3. The maximum Gasteiger partial charge on any atom is 0.414 e. The van der Waals surface area contributed by atoms with Gasteiger partial charge in [-0.15, -0.1) is 0 Å². The SMILES string of the molecule is C[C@H](Cc1ccc(OCc2nonc2C(N)=O)cc1)NC[C@H](O)c1cc(O)cc(O)c1.O=C(O)C(=O)O. The van der Waals surface area contributed by atoms with E-state index < -0.39 is 23.9 Å². The number of hydrogen-bond donors (Lipinski definition) is 7. The van der Waals surface area contributed by atoms with Crippen molar-refractivity contribution >= 4 is 17.8 Å². The highest BCUT2D eigenvalue weighted by atomic mass is 16.6. The van der Waals surface area contributed by atoms with E-state index in [0.29, 0.717) is 17.7 Å². The second-order valence-corrected chi connectivity index (χ2v) is 7.78. The molecule has 1 aromatic heterocycles. The van der Waals surface area contributed by atoms with Gasteiger partial charge in [0.15, 0.2) is 11.4 Å². The molecular weight excluding hydrogens is 492 g/mol. The Morgan fingerprint density at radius 1 is 1.03 bits per heavy atom. The number of phenols is 2. The van der Waals surface area contributed by atoms with Gasteiger partial charge >= 0.3 is 11.9 Å². The van der Waals surface area contributed by atoms with Crippen molar-refractivity contribution in [1.29, 1.82) is 0 Å². The molecule has 0 unspecified atom stereocenters. The monoisotopic (exact) mass is 518 g/mol. The smallest absolute Gasteiger partial charge is 0.414 e. The summed E-state index contributed by atoms with van der Waals surface area (Å²) in [6, 6.07) is 11.5. The van der Waals surface area contributed by atoms with Gasteiger partial charge in [-0.1, -0.05) is 17.3 Å². The number of phenolic OH excluding ortho intramolecular Hbond substituents is 2. The molecule has 1 amide bonds. The zero-order valence-electron chi connectivity index (χ0n) is 19.6. The van der Waals surface area contributed by atoms with Crippen molar-refractivity contribution in [2.24, 2.45) is 5.73 Å². The predicted octanol–water partition coefficient (Wildman–Crippen LogP) is 0.568. The first-order chi connectivity index (χ1) is 17.5. The van der Waals surface area contributed by atoms with Crippen molar-refractivity contribution in [3.05, 3.63) is 65.0 Å². The first kappa shape index (κ1) is 28.5. The number of rotatable bonds is 10. The number of benzene rings is 2. The van der Waals surface area contributed by atoms with E-state index >= 15 is 0 Å². The van der Waals surface area contributed by atoms with Crippen LogP contribution in [0.3, 0.4) is 0 Å². The Kier molecular flexibility index (Phi) is 10.3. The van der Waals surface area contributed by atoms with Crippen LogP contribution in [0, 0.1) is 0 Å². The van der Waals surface area contributed by atoms with Gasteiger partial charge in [0.2, 0.25) is 0 Å². The average Bonchev–Trinajstić information content (AvgIpc) is 3.31. The first-order valence-electron chi connectivity index (χ1n) is 10.7. The van der Waals surface area contributed by atoms with E-state index in [-0.39, 0.29) is 42.1 Å². The van der Waals surface area contributed by atoms with Crippen LogP contribution in [0.5, 0.6) is 17.2 Å². The van der Waals surface area contributed by atoms with Gasteiger partial charge in [0, 0.05) is 18.7 Å². The number of amides is 1. The van der Waals surface area contributed by atoms with E-state index in [1.807, 2.05) is 19.1 Å². The molecule has 2 atom stereocenters. The lowest BCUT2D eigenvalue weighted by Gasteiger charge is -2.18. The third-order valence-electron chi connectivity index (χ3n) is 4.78. The summed E-state index contributed by atoms with van der Waals surface area (Å²) in [6.07, 6.45) is -0.162. The summed E-state index contributed by atoms with van der Waals surface area (Å²) in [5.74, 6) is -4.00. The Bertz CT molecular complexity index is 1180. The van der Waals surface area contributed by atoms with Crippen molar-refractivity contribution in [2.45, 2.75) is 32.1 Å². The van der Waals surface area contributed by atoms with Crippen LogP contribution in [0.2, 0.25) is 0 Å². The van der Waals surface area contributed by atoms with Crippen molar-refractivity contribution in [2.75, 3.05) is 6.54 Å². The minimum atomic E-state index is -1.82. The normalized spacial score (nSPS) is 12.1. The van der Waals surface area contributed by atoms with Gasteiger partial charge < -0.3 is 41.3 Å². The third kappa shape index (κ3) is 9.46. The van der Waals surface area contributed by atoms with Gasteiger partial charge in [-0.25, -0.2) is 14.2 Å². The van der Waals surface area contributed by atoms with E-state index in [4.69, 9.17) is 30.3 Å². The zero-order chi connectivity index (χ0) is 27.5. The van der Waals surface area contributed by atoms with Crippen LogP contribution in [0.4, 0.5) is 0 Å². The number of carboxylic acid groups (broad SMARTS) is 2. The highest BCUT2D eigenvalue weighted by Crippen LogP contribution is 2.24. The number of aromatic hydroxyl groups is 2. The van der Waals surface area contributed by atoms with Crippen LogP contribution in [0.1, 0.15) is 40.3 Å². The molecule has 0 fully saturated rings. The second-order valence-electron chi connectivity index (χ2n) is 7.78. The molecule has 0 saturated heterocycles. The average molecular weight is 518 g/mol. The highest BCUT2D eigenvalue weighted by molar-refractivity contribution is 6.27. The second kappa shape index (κ2) is 13.4. The summed E-state index contributed by atoms with van der Waals surface area (Å²) in [5, 5.41) is 54.4. The molecular formula is C23H26N4O10. The Morgan fingerprint density at radius 3 is 2.16 bits per heavy atom. The summed E-state index contributed by atoms with van der Waals surface area (Å²) in [4.78, 5) is 29.4. The lowest BCUT2D eigenvalue weighted by Crippen LogP contribution is -2.32. The topological polar surface area (TPSA) is 239 Å². The van der Waals surface area contributed by atoms with Crippen molar-refractivity contribution in [3.63, 3.8) is 0 Å². The number of aromatic nitrogens is 2. The molecule has 3 aromatic rings. The summed E-state index contributed by atoms with van der Waals surface area (Å²) in [6.45, 7) is 2.25. The number of nitrogens with zero attached hydrogens (tertiary/aromatic N) is 2. The number of carboxylic acids is 2. The van der Waals surface area contributed by atoms with E-state index in [1.54, 1.807) is 12.1 Å². The maximum atomic E-state index is 11.2. The molecule has 0 aliphatic rings. The van der Waals surface area contributed by atoms with E-state index in [1.165, 1.54) is 18.2 Å². The quantitative estimate of drug-likeness (QED) is 0.182. The number of nitrogens with one attached hydrogen (secondary N) is 1. The summed E-state index contributed by atoms with van der Waals surface area (Å²) in [5.41, 5.74) is 6.84. The van der Waals surface area contributed by atoms with E-state index in [2.05, 4.69) is 20.3 Å². The van der Waals surface area contributed by atoms with Gasteiger partial charge in [-0.3, -0.25) is 4.79 Å². The van der Waals surface area contributed by atoms with Gasteiger partial charge in [0.1, 0.15) is 23.9 Å². The maximum absolute atomic E-state index is 11.2. The molecule has 198 valence electrons. The molecule has 0 saturated carbocycles. The minimum absolute atomic E-state index is 0.00155. The summed E-state index contributed by atoms with van der Waals surface area (Å²) >= 11 is 0. The van der Waals surface area contributed by atoms with Gasteiger partial charge in [-0.05, 0) is 53.9 Å². The van der Waals surface area contributed by atoms with Crippen molar-refractivity contribution < 1.29 is 49.3 Å². The fourth-order valence-corrected chi connectivity index (χ4v) is 3.03. The van der Waals surface area contributed by atoms with Crippen molar-refractivity contribution in [3.8, 4) is 17.2 Å². The van der Waals surface area contributed by atoms with E-state index in [0.717, 1.165) is 5.56 Å². The minimum Gasteiger partial charge on any atom is -0.508 e. The summed E-state index contributed by atoms with van der Waals surface area (Å²) < 4.78 is 10.1. The molecule has 14 heteroatoms. The van der Waals surface area contributed by atoms with Gasteiger partial charge in [0.05, 0.1) is 6.10 Å². The van der Waals surface area contributed by atoms with E-state index in [9.17, 15) is 20.1 Å². The molecule has 14 nitrogen and oxygen atoms in total. The molecule has 0 bridgehead atoms. The number of primary amides is 1. The van der Waals surface area contributed by atoms with Crippen LogP contribution in [0.25, 0.3) is 0 Å². The Hall–Kier alpha value is -4.69. The number of carbonyl (C=O) groups excluding carboxylic acids is 1. The van der Waals surface area contributed by atoms with Crippen LogP contribution in [-0.4, -0.2) is 66.3 Å². The molecule has 0 radical (unpaired) electrons. The molecule has 0 spiro atoms. The fourth-order valence-electron chi connectivity index (χ4n) is 3.03.